The van der Waals surface area contributed by atoms with Crippen molar-refractivity contribution in [1.29, 1.82) is 0 Å². The van der Waals surface area contributed by atoms with Gasteiger partial charge in [0.05, 0.1) is 18.3 Å². The Morgan fingerprint density at radius 1 is 1.32 bits per heavy atom. The van der Waals surface area contributed by atoms with Crippen molar-refractivity contribution < 1.29 is 9.53 Å². The van der Waals surface area contributed by atoms with Gasteiger partial charge in [0.1, 0.15) is 5.69 Å². The molecule has 0 spiro atoms. The normalized spacial score (nSPS) is 23.4. The fourth-order valence-electron chi connectivity index (χ4n) is 3.71. The molecule has 1 amide bonds. The van der Waals surface area contributed by atoms with Gasteiger partial charge in [0, 0.05) is 39.6 Å². The topological polar surface area (TPSA) is 52.3 Å². The minimum Gasteiger partial charge on any atom is -0.376 e. The van der Waals surface area contributed by atoms with Gasteiger partial charge in [-0.2, -0.15) is 5.10 Å². The van der Waals surface area contributed by atoms with Gasteiger partial charge in [-0.3, -0.25) is 9.48 Å². The zero-order chi connectivity index (χ0) is 17.4. The molecule has 6 nitrogen and oxygen atoms in total. The van der Waals surface area contributed by atoms with Gasteiger partial charge >= 0.3 is 0 Å². The van der Waals surface area contributed by atoms with Crippen LogP contribution >= 0.6 is 0 Å². The van der Waals surface area contributed by atoms with E-state index in [2.05, 4.69) is 5.10 Å². The molecule has 4 rings (SSSR count). The Balaban J connectivity index is 1.53. The second-order valence-corrected chi connectivity index (χ2v) is 7.40. The lowest BCUT2D eigenvalue weighted by molar-refractivity contribution is 0.0198. The van der Waals surface area contributed by atoms with E-state index in [1.165, 1.54) is 12.8 Å². The molecule has 1 aliphatic carbocycles. The third kappa shape index (κ3) is 3.49. The maximum absolute atomic E-state index is 13.1. The molecular formula is C19H26N4O2. The first kappa shape index (κ1) is 16.4. The zero-order valence-corrected chi connectivity index (χ0v) is 15.0. The van der Waals surface area contributed by atoms with Crippen molar-refractivity contribution in [2.45, 2.75) is 37.8 Å². The summed E-state index contributed by atoms with van der Waals surface area (Å²) in [5, 5.41) is 4.27. The summed E-state index contributed by atoms with van der Waals surface area (Å²) in [5.74, 6) is 0.829. The predicted molar refractivity (Wildman–Crippen MR) is 94.2 cm³/mol. The number of nitrogens with zero attached hydrogens (tertiary/aromatic N) is 4. The molecule has 0 unspecified atom stereocenters. The molecule has 0 radical (unpaired) electrons. The van der Waals surface area contributed by atoms with E-state index in [4.69, 9.17) is 4.74 Å². The minimum atomic E-state index is 0.0744. The van der Waals surface area contributed by atoms with Crippen molar-refractivity contribution in [3.8, 4) is 0 Å². The molecule has 2 aromatic heterocycles. The van der Waals surface area contributed by atoms with Crippen molar-refractivity contribution in [3.05, 3.63) is 42.0 Å². The van der Waals surface area contributed by atoms with Gasteiger partial charge in [-0.05, 0) is 49.3 Å². The van der Waals surface area contributed by atoms with E-state index in [1.807, 2.05) is 59.0 Å². The Hall–Kier alpha value is -2.08. The van der Waals surface area contributed by atoms with E-state index in [1.54, 1.807) is 0 Å². The largest absolute Gasteiger partial charge is 0.376 e. The second-order valence-electron chi connectivity index (χ2n) is 7.40. The lowest BCUT2D eigenvalue weighted by Crippen LogP contribution is -2.42. The highest BCUT2D eigenvalue weighted by Crippen LogP contribution is 2.32. The summed E-state index contributed by atoms with van der Waals surface area (Å²) in [7, 11) is 3.84. The molecule has 25 heavy (non-hydrogen) atoms. The number of rotatable bonds is 6. The van der Waals surface area contributed by atoms with Crippen LogP contribution in [0.1, 0.15) is 35.3 Å². The fraction of sp³-hybridized carbons (Fsp3) is 0.579. The summed E-state index contributed by atoms with van der Waals surface area (Å²) in [6.45, 7) is 1.59. The van der Waals surface area contributed by atoms with E-state index < -0.39 is 0 Å². The lowest BCUT2D eigenvalue weighted by atomic mass is 10.0. The summed E-state index contributed by atoms with van der Waals surface area (Å²) >= 11 is 0. The van der Waals surface area contributed by atoms with E-state index in [-0.39, 0.29) is 18.1 Å². The number of carbonyl (C=O) groups excluding carboxylic acids is 1. The van der Waals surface area contributed by atoms with E-state index in [0.29, 0.717) is 0 Å². The molecule has 1 saturated carbocycles. The number of ether oxygens (including phenoxy) is 1. The van der Waals surface area contributed by atoms with Crippen LogP contribution in [0.25, 0.3) is 0 Å². The van der Waals surface area contributed by atoms with Gasteiger partial charge in [0.2, 0.25) is 0 Å². The average molecular weight is 342 g/mol. The molecule has 0 bridgehead atoms. The molecule has 0 aromatic carbocycles. The smallest absolute Gasteiger partial charge is 0.270 e. The first-order chi connectivity index (χ1) is 12.1. The number of hydrogen-bond donors (Lipinski definition) is 0. The molecule has 2 atom stereocenters. The molecule has 6 heteroatoms. The fourth-order valence-corrected chi connectivity index (χ4v) is 3.71. The highest BCUT2D eigenvalue weighted by Gasteiger charge is 2.39. The Morgan fingerprint density at radius 2 is 2.16 bits per heavy atom. The van der Waals surface area contributed by atoms with Crippen LogP contribution in [-0.2, 0) is 25.3 Å². The van der Waals surface area contributed by atoms with E-state index in [0.717, 1.165) is 43.2 Å². The van der Waals surface area contributed by atoms with Gasteiger partial charge in [-0.1, -0.05) is 0 Å². The number of carbonyl (C=O) groups is 1. The van der Waals surface area contributed by atoms with Crippen LogP contribution in [0.3, 0.4) is 0 Å². The van der Waals surface area contributed by atoms with Crippen molar-refractivity contribution in [3.63, 3.8) is 0 Å². The molecule has 3 heterocycles. The van der Waals surface area contributed by atoms with Crippen molar-refractivity contribution in [2.75, 3.05) is 13.2 Å². The maximum Gasteiger partial charge on any atom is 0.270 e. The summed E-state index contributed by atoms with van der Waals surface area (Å²) in [5.41, 5.74) is 1.89. The maximum atomic E-state index is 13.1. The first-order valence-corrected chi connectivity index (χ1v) is 9.13. The number of aryl methyl sites for hydroxylation is 2. The number of hydrogen-bond acceptors (Lipinski definition) is 3. The second kappa shape index (κ2) is 6.67. The Kier molecular flexibility index (Phi) is 4.37. The number of likely N-dealkylation sites (tertiary alicyclic amines) is 1. The Bertz CT molecular complexity index is 746. The highest BCUT2D eigenvalue weighted by molar-refractivity contribution is 5.93. The minimum absolute atomic E-state index is 0.0744. The third-order valence-corrected chi connectivity index (χ3v) is 5.35. The van der Waals surface area contributed by atoms with Crippen LogP contribution in [0.2, 0.25) is 0 Å². The van der Waals surface area contributed by atoms with Crippen molar-refractivity contribution in [2.24, 2.45) is 20.0 Å². The van der Waals surface area contributed by atoms with Gasteiger partial charge < -0.3 is 14.2 Å². The summed E-state index contributed by atoms with van der Waals surface area (Å²) in [6, 6.07) is 3.88. The Morgan fingerprint density at radius 3 is 2.80 bits per heavy atom. The average Bonchev–Trinajstić information content (AvgIpc) is 2.97. The van der Waals surface area contributed by atoms with Gasteiger partial charge in [0.15, 0.2) is 0 Å². The molecule has 2 aliphatic rings. The quantitative estimate of drug-likeness (QED) is 0.807. The molecule has 1 saturated heterocycles. The monoisotopic (exact) mass is 342 g/mol. The van der Waals surface area contributed by atoms with Gasteiger partial charge in [-0.25, -0.2) is 0 Å². The molecular weight excluding hydrogens is 316 g/mol. The summed E-state index contributed by atoms with van der Waals surface area (Å²) in [6.07, 6.45) is 10.2. The van der Waals surface area contributed by atoms with Crippen molar-refractivity contribution >= 4 is 5.91 Å². The zero-order valence-electron chi connectivity index (χ0n) is 15.0. The molecule has 2 aromatic rings. The SMILES string of the molecule is Cn1cc(C[C@@H]2[C@H](OCC3CC3)CCN2C(=O)c2cccn2C)cn1. The van der Waals surface area contributed by atoms with Gasteiger partial charge in [0.25, 0.3) is 5.91 Å². The predicted octanol–water partition coefficient (Wildman–Crippen LogP) is 2.01. The standard InChI is InChI=1S/C19H26N4O2/c1-21-8-3-4-16(21)19(24)23-9-7-18(25-13-14-5-6-14)17(23)10-15-11-20-22(2)12-15/h3-4,8,11-12,14,17-18H,5-7,9-10,13H2,1-2H3/t17-,18-/m1/s1. The van der Waals surface area contributed by atoms with E-state index in [9.17, 15) is 4.79 Å². The molecule has 134 valence electrons. The van der Waals surface area contributed by atoms with Crippen molar-refractivity contribution in [1.82, 2.24) is 19.2 Å². The van der Waals surface area contributed by atoms with Crippen LogP contribution in [0.5, 0.6) is 0 Å². The van der Waals surface area contributed by atoms with Crippen LogP contribution in [0.15, 0.2) is 30.7 Å². The van der Waals surface area contributed by atoms with Gasteiger partial charge in [-0.15, -0.1) is 0 Å². The van der Waals surface area contributed by atoms with Crippen LogP contribution in [-0.4, -0.2) is 50.5 Å². The van der Waals surface area contributed by atoms with E-state index >= 15 is 0 Å². The van der Waals surface area contributed by atoms with Crippen LogP contribution in [0, 0.1) is 5.92 Å². The number of aromatic nitrogens is 3. The summed E-state index contributed by atoms with van der Waals surface area (Å²) in [4.78, 5) is 15.1. The highest BCUT2D eigenvalue weighted by atomic mass is 16.5. The van der Waals surface area contributed by atoms with Crippen LogP contribution < -0.4 is 0 Å². The molecule has 0 N–H and O–H groups in total. The molecule has 1 aliphatic heterocycles. The third-order valence-electron chi connectivity index (χ3n) is 5.35. The summed E-state index contributed by atoms with van der Waals surface area (Å²) < 4.78 is 9.92. The Labute approximate surface area is 148 Å². The molecule has 2 fully saturated rings. The van der Waals surface area contributed by atoms with Crippen LogP contribution in [0.4, 0.5) is 0 Å². The number of amides is 1. The lowest BCUT2D eigenvalue weighted by Gasteiger charge is -2.28. The first-order valence-electron chi connectivity index (χ1n) is 9.13.